The molecule has 0 aliphatic carbocycles. The second-order valence-corrected chi connectivity index (χ2v) is 2.67. The number of hydrogen-bond acceptors (Lipinski definition) is 2. The number of allylic oxidation sites excluding steroid dienone is 1. The van der Waals surface area contributed by atoms with Crippen molar-refractivity contribution in [2.24, 2.45) is 0 Å². The van der Waals surface area contributed by atoms with Crippen LogP contribution in [0.5, 0.6) is 0 Å². The highest BCUT2D eigenvalue weighted by molar-refractivity contribution is 5.86. The van der Waals surface area contributed by atoms with Crippen LogP contribution in [0.25, 0.3) is 0 Å². The zero-order valence-electron chi connectivity index (χ0n) is 5.94. The second-order valence-electron chi connectivity index (χ2n) is 2.67. The number of hydrogen-bond donors (Lipinski definition) is 1. The van der Waals surface area contributed by atoms with Crippen molar-refractivity contribution in [2.45, 2.75) is 13.3 Å². The zero-order valence-corrected chi connectivity index (χ0v) is 5.94. The Morgan fingerprint density at radius 1 is 1.67 bits per heavy atom. The Morgan fingerprint density at radius 2 is 2.33 bits per heavy atom. The fraction of sp³-hybridized carbons (Fsp3) is 0.571. The molecule has 0 radical (unpaired) electrons. The molecule has 0 aromatic carbocycles. The summed E-state index contributed by atoms with van der Waals surface area (Å²) in [5, 5.41) is 7.37. The normalized spacial score (nSPS) is 20.0. The molecule has 0 aromatic rings. The van der Waals surface area contributed by atoms with E-state index in [2.05, 4.69) is 13.1 Å². The predicted octanol–water partition coefficient (Wildman–Crippen LogP) is 1.25. The summed E-state index contributed by atoms with van der Waals surface area (Å²) in [4.78, 5) is 2.04. The minimum absolute atomic E-state index is 0.803. The van der Waals surface area contributed by atoms with Gasteiger partial charge in [0.1, 0.15) is 0 Å². The monoisotopic (exact) mass is 124 g/mol. The molecule has 1 N–H and O–H groups in total. The van der Waals surface area contributed by atoms with Crippen LogP contribution in [-0.2, 0) is 0 Å². The minimum Gasteiger partial charge on any atom is -0.375 e. The molecule has 0 saturated carbocycles. The van der Waals surface area contributed by atoms with E-state index >= 15 is 0 Å². The van der Waals surface area contributed by atoms with Gasteiger partial charge >= 0.3 is 0 Å². The van der Waals surface area contributed by atoms with Gasteiger partial charge in [-0.2, -0.15) is 0 Å². The van der Waals surface area contributed by atoms with Crippen molar-refractivity contribution < 1.29 is 0 Å². The summed E-state index contributed by atoms with van der Waals surface area (Å²) in [6.45, 7) is 2.86. The molecular formula is C7H12N2. The SMILES string of the molecule is CC1=CN(C)CC(=N)C1. The van der Waals surface area contributed by atoms with Crippen LogP contribution in [0.2, 0.25) is 0 Å². The van der Waals surface area contributed by atoms with E-state index in [9.17, 15) is 0 Å². The Hall–Kier alpha value is -0.790. The summed E-state index contributed by atoms with van der Waals surface area (Å²) in [6.07, 6.45) is 2.96. The molecule has 2 nitrogen and oxygen atoms in total. The molecule has 0 spiro atoms. The van der Waals surface area contributed by atoms with Gasteiger partial charge in [-0.15, -0.1) is 0 Å². The van der Waals surface area contributed by atoms with Crippen LogP contribution in [0.15, 0.2) is 11.8 Å². The van der Waals surface area contributed by atoms with Gasteiger partial charge in [0, 0.05) is 19.2 Å². The molecule has 9 heavy (non-hydrogen) atoms. The topological polar surface area (TPSA) is 27.1 Å². The van der Waals surface area contributed by atoms with Crippen molar-refractivity contribution in [1.82, 2.24) is 4.90 Å². The van der Waals surface area contributed by atoms with Gasteiger partial charge in [-0.05, 0) is 13.1 Å². The molecule has 0 amide bonds. The van der Waals surface area contributed by atoms with Crippen LogP contribution in [0.1, 0.15) is 13.3 Å². The molecule has 0 aromatic heterocycles. The van der Waals surface area contributed by atoms with Crippen molar-refractivity contribution in [3.05, 3.63) is 11.8 Å². The van der Waals surface area contributed by atoms with Crippen LogP contribution < -0.4 is 0 Å². The fourth-order valence-electron chi connectivity index (χ4n) is 1.16. The summed E-state index contributed by atoms with van der Waals surface area (Å²) >= 11 is 0. The molecule has 0 bridgehead atoms. The lowest BCUT2D eigenvalue weighted by atomic mass is 10.1. The first-order chi connectivity index (χ1) is 4.18. The fourth-order valence-corrected chi connectivity index (χ4v) is 1.16. The average Bonchev–Trinajstić information content (AvgIpc) is 1.59. The summed E-state index contributed by atoms with van der Waals surface area (Å²) in [5.74, 6) is 0. The Balaban J connectivity index is 2.67. The Labute approximate surface area is 55.7 Å². The van der Waals surface area contributed by atoms with Crippen molar-refractivity contribution in [3.63, 3.8) is 0 Å². The maximum Gasteiger partial charge on any atom is 0.0550 e. The van der Waals surface area contributed by atoms with Gasteiger partial charge in [0.25, 0.3) is 0 Å². The quantitative estimate of drug-likeness (QED) is 0.517. The standard InChI is InChI=1S/C7H12N2/c1-6-3-7(8)5-9(2)4-6/h4,8H,3,5H2,1-2H3. The third-order valence-corrected chi connectivity index (χ3v) is 1.37. The lowest BCUT2D eigenvalue weighted by Crippen LogP contribution is -2.25. The van der Waals surface area contributed by atoms with Gasteiger partial charge in [0.2, 0.25) is 0 Å². The van der Waals surface area contributed by atoms with Gasteiger partial charge in [-0.1, -0.05) is 5.57 Å². The molecular weight excluding hydrogens is 112 g/mol. The van der Waals surface area contributed by atoms with Crippen molar-refractivity contribution in [1.29, 1.82) is 5.41 Å². The van der Waals surface area contributed by atoms with Crippen LogP contribution >= 0.6 is 0 Å². The van der Waals surface area contributed by atoms with E-state index in [0.29, 0.717) is 0 Å². The van der Waals surface area contributed by atoms with E-state index in [1.807, 2.05) is 11.9 Å². The maximum atomic E-state index is 7.37. The Morgan fingerprint density at radius 3 is 2.78 bits per heavy atom. The van der Waals surface area contributed by atoms with Crippen LogP contribution in [0, 0.1) is 5.41 Å². The first-order valence-corrected chi connectivity index (χ1v) is 3.12. The number of nitrogens with one attached hydrogen (secondary N) is 1. The first-order valence-electron chi connectivity index (χ1n) is 3.12. The van der Waals surface area contributed by atoms with E-state index in [1.165, 1.54) is 5.57 Å². The van der Waals surface area contributed by atoms with E-state index in [4.69, 9.17) is 5.41 Å². The van der Waals surface area contributed by atoms with E-state index in [1.54, 1.807) is 0 Å². The number of rotatable bonds is 0. The summed E-state index contributed by atoms with van der Waals surface area (Å²) in [5.41, 5.74) is 2.10. The van der Waals surface area contributed by atoms with Gasteiger partial charge < -0.3 is 10.3 Å². The predicted molar refractivity (Wildman–Crippen MR) is 38.7 cm³/mol. The first kappa shape index (κ1) is 6.33. The van der Waals surface area contributed by atoms with Crippen LogP contribution in [0.3, 0.4) is 0 Å². The van der Waals surface area contributed by atoms with E-state index in [-0.39, 0.29) is 0 Å². The summed E-state index contributed by atoms with van der Waals surface area (Å²) in [6, 6.07) is 0. The third-order valence-electron chi connectivity index (χ3n) is 1.37. The van der Waals surface area contributed by atoms with Crippen molar-refractivity contribution in [3.8, 4) is 0 Å². The molecule has 0 unspecified atom stereocenters. The molecule has 50 valence electrons. The van der Waals surface area contributed by atoms with Crippen molar-refractivity contribution in [2.75, 3.05) is 13.6 Å². The third kappa shape index (κ3) is 1.56. The molecule has 0 atom stereocenters. The lowest BCUT2D eigenvalue weighted by molar-refractivity contribution is 0.504. The van der Waals surface area contributed by atoms with E-state index in [0.717, 1.165) is 18.7 Å². The Bertz CT molecular complexity index is 158. The highest BCUT2D eigenvalue weighted by Gasteiger charge is 2.06. The number of nitrogens with zero attached hydrogens (tertiary/aromatic N) is 1. The molecule has 1 aliphatic heterocycles. The van der Waals surface area contributed by atoms with Crippen molar-refractivity contribution >= 4 is 5.71 Å². The zero-order chi connectivity index (χ0) is 6.85. The highest BCUT2D eigenvalue weighted by atomic mass is 15.1. The lowest BCUT2D eigenvalue weighted by Gasteiger charge is -2.21. The average molecular weight is 124 g/mol. The molecule has 0 fully saturated rings. The summed E-state index contributed by atoms with van der Waals surface area (Å²) in [7, 11) is 2.00. The maximum absolute atomic E-state index is 7.37. The molecule has 2 heteroatoms. The molecule has 0 saturated heterocycles. The smallest absolute Gasteiger partial charge is 0.0550 e. The largest absolute Gasteiger partial charge is 0.375 e. The van der Waals surface area contributed by atoms with Gasteiger partial charge in [-0.25, -0.2) is 0 Å². The van der Waals surface area contributed by atoms with Gasteiger partial charge in [-0.3, -0.25) is 0 Å². The highest BCUT2D eigenvalue weighted by Crippen LogP contribution is 2.08. The molecule has 1 heterocycles. The van der Waals surface area contributed by atoms with Gasteiger partial charge in [0.05, 0.1) is 6.54 Å². The second kappa shape index (κ2) is 2.21. The van der Waals surface area contributed by atoms with Crippen LogP contribution in [-0.4, -0.2) is 24.2 Å². The molecule has 1 rings (SSSR count). The van der Waals surface area contributed by atoms with E-state index < -0.39 is 0 Å². The summed E-state index contributed by atoms with van der Waals surface area (Å²) < 4.78 is 0. The molecule has 1 aliphatic rings. The Kier molecular flexibility index (Phi) is 1.56. The van der Waals surface area contributed by atoms with Crippen LogP contribution in [0.4, 0.5) is 0 Å². The minimum atomic E-state index is 0.803. The van der Waals surface area contributed by atoms with Gasteiger partial charge in [0.15, 0.2) is 0 Å².